The summed E-state index contributed by atoms with van der Waals surface area (Å²) < 4.78 is 5.56. The number of hydrogen-bond donors (Lipinski definition) is 0. The zero-order chi connectivity index (χ0) is 19.2. The molecule has 3 aromatic rings. The summed E-state index contributed by atoms with van der Waals surface area (Å²) in [5.74, 6) is 0.366. The lowest BCUT2D eigenvalue weighted by Crippen LogP contribution is -2.11. The van der Waals surface area contributed by atoms with Gasteiger partial charge < -0.3 is 4.74 Å². The van der Waals surface area contributed by atoms with Crippen molar-refractivity contribution in [2.24, 2.45) is 0 Å². The molecule has 0 atom stereocenters. The first-order valence-electron chi connectivity index (χ1n) is 8.72. The highest BCUT2D eigenvalue weighted by Gasteiger charge is 2.10. The van der Waals surface area contributed by atoms with Gasteiger partial charge in [0, 0.05) is 21.7 Å². The molecule has 0 saturated heterocycles. The van der Waals surface area contributed by atoms with Crippen LogP contribution in [0.1, 0.15) is 38.8 Å². The van der Waals surface area contributed by atoms with Crippen LogP contribution in [0.3, 0.4) is 0 Å². The largest absolute Gasteiger partial charge is 0.485 e. The van der Waals surface area contributed by atoms with Crippen molar-refractivity contribution in [3.05, 3.63) is 100 Å². The number of carbonyl (C=O) groups excluding carboxylic acids is 2. The summed E-state index contributed by atoms with van der Waals surface area (Å²) in [7, 11) is 0. The topological polar surface area (TPSA) is 43.4 Å². The fourth-order valence-corrected chi connectivity index (χ4v) is 2.76. The third-order valence-corrected chi connectivity index (χ3v) is 4.53. The summed E-state index contributed by atoms with van der Waals surface area (Å²) in [5.41, 5.74) is 2.93. The van der Waals surface area contributed by atoms with Gasteiger partial charge in [0.1, 0.15) is 5.75 Å². The first-order chi connectivity index (χ1) is 13.1. The van der Waals surface area contributed by atoms with E-state index in [1.54, 1.807) is 48.5 Å². The minimum Gasteiger partial charge on any atom is -0.485 e. The van der Waals surface area contributed by atoms with Crippen LogP contribution < -0.4 is 4.74 Å². The number of ketones is 2. The molecule has 4 heteroatoms. The molecule has 0 bridgehead atoms. The van der Waals surface area contributed by atoms with E-state index in [0.717, 1.165) is 6.42 Å². The lowest BCUT2D eigenvalue weighted by Gasteiger charge is -2.07. The van der Waals surface area contributed by atoms with Crippen LogP contribution in [0.4, 0.5) is 0 Å². The summed E-state index contributed by atoms with van der Waals surface area (Å²) in [4.78, 5) is 24.6. The van der Waals surface area contributed by atoms with Crippen molar-refractivity contribution >= 4 is 23.2 Å². The molecule has 0 amide bonds. The smallest absolute Gasteiger partial charge is 0.200 e. The number of rotatable bonds is 7. The minimum absolute atomic E-state index is 0.0457. The van der Waals surface area contributed by atoms with E-state index in [9.17, 15) is 9.59 Å². The summed E-state index contributed by atoms with van der Waals surface area (Å²) >= 11 is 5.85. The maximum atomic E-state index is 12.4. The van der Waals surface area contributed by atoms with Gasteiger partial charge in [0.25, 0.3) is 0 Å². The Morgan fingerprint density at radius 3 is 1.85 bits per heavy atom. The highest BCUT2D eigenvalue weighted by atomic mass is 35.5. The molecule has 136 valence electrons. The molecule has 0 saturated carbocycles. The fraction of sp³-hybridized carbons (Fsp3) is 0.130. The van der Waals surface area contributed by atoms with Crippen molar-refractivity contribution in [3.8, 4) is 5.75 Å². The van der Waals surface area contributed by atoms with Crippen LogP contribution in [0.2, 0.25) is 5.02 Å². The Bertz CT molecular complexity index is 927. The molecule has 3 rings (SSSR count). The van der Waals surface area contributed by atoms with Gasteiger partial charge >= 0.3 is 0 Å². The fourth-order valence-electron chi connectivity index (χ4n) is 2.63. The molecule has 0 aromatic heterocycles. The van der Waals surface area contributed by atoms with Crippen molar-refractivity contribution < 1.29 is 14.3 Å². The van der Waals surface area contributed by atoms with Crippen LogP contribution in [0, 0.1) is 0 Å². The van der Waals surface area contributed by atoms with E-state index in [0.29, 0.717) is 27.5 Å². The predicted molar refractivity (Wildman–Crippen MR) is 107 cm³/mol. The first-order valence-corrected chi connectivity index (χ1v) is 9.10. The number of ether oxygens (including phenoxy) is 1. The second-order valence-corrected chi connectivity index (χ2v) is 6.56. The Labute approximate surface area is 163 Å². The second kappa shape index (κ2) is 8.65. The van der Waals surface area contributed by atoms with Gasteiger partial charge in [-0.15, -0.1) is 0 Å². The number of hydrogen-bond acceptors (Lipinski definition) is 3. The molecule has 3 aromatic carbocycles. The average Bonchev–Trinajstić information content (AvgIpc) is 2.72. The Morgan fingerprint density at radius 2 is 1.30 bits per heavy atom. The molecule has 3 nitrogen and oxygen atoms in total. The Morgan fingerprint density at radius 1 is 0.778 bits per heavy atom. The number of benzene rings is 3. The standard InChI is InChI=1S/C23H19ClO3/c1-2-16-3-5-17(6-4-16)22(25)15-27-21-13-9-19(10-14-21)23(26)18-7-11-20(24)12-8-18/h3-14H,2,15H2,1H3. The van der Waals surface area contributed by atoms with Crippen LogP contribution in [-0.2, 0) is 6.42 Å². The van der Waals surface area contributed by atoms with E-state index in [-0.39, 0.29) is 18.2 Å². The van der Waals surface area contributed by atoms with Crippen molar-refractivity contribution in [1.82, 2.24) is 0 Å². The van der Waals surface area contributed by atoms with Gasteiger partial charge in [-0.2, -0.15) is 0 Å². The van der Waals surface area contributed by atoms with Crippen LogP contribution >= 0.6 is 11.6 Å². The third-order valence-electron chi connectivity index (χ3n) is 4.28. The average molecular weight is 379 g/mol. The van der Waals surface area contributed by atoms with Gasteiger partial charge in [0.15, 0.2) is 18.2 Å². The number of aryl methyl sites for hydroxylation is 1. The number of halogens is 1. The molecular weight excluding hydrogens is 360 g/mol. The number of carbonyl (C=O) groups is 2. The molecule has 0 unspecified atom stereocenters. The van der Waals surface area contributed by atoms with E-state index < -0.39 is 0 Å². The zero-order valence-corrected chi connectivity index (χ0v) is 15.7. The van der Waals surface area contributed by atoms with Gasteiger partial charge in [-0.3, -0.25) is 9.59 Å². The molecule has 0 heterocycles. The monoisotopic (exact) mass is 378 g/mol. The maximum Gasteiger partial charge on any atom is 0.200 e. The summed E-state index contributed by atoms with van der Waals surface area (Å²) in [6, 6.07) is 21.0. The van der Waals surface area contributed by atoms with Gasteiger partial charge in [0.05, 0.1) is 0 Å². The highest BCUT2D eigenvalue weighted by Crippen LogP contribution is 2.17. The first kappa shape index (κ1) is 18.9. The molecular formula is C23H19ClO3. The summed E-state index contributed by atoms with van der Waals surface area (Å²) in [6.07, 6.45) is 0.937. The molecule has 0 aliphatic rings. The summed E-state index contributed by atoms with van der Waals surface area (Å²) in [5, 5.41) is 0.587. The van der Waals surface area contributed by atoms with Crippen LogP contribution in [0.25, 0.3) is 0 Å². The van der Waals surface area contributed by atoms with Gasteiger partial charge in [-0.1, -0.05) is 42.8 Å². The number of Topliss-reactive ketones (excluding diaryl/α,β-unsaturated/α-hetero) is 1. The molecule has 0 radical (unpaired) electrons. The van der Waals surface area contributed by atoms with E-state index in [1.165, 1.54) is 5.56 Å². The summed E-state index contributed by atoms with van der Waals surface area (Å²) in [6.45, 7) is 2.03. The van der Waals surface area contributed by atoms with Gasteiger partial charge in [0.2, 0.25) is 0 Å². The minimum atomic E-state index is -0.0923. The van der Waals surface area contributed by atoms with E-state index in [4.69, 9.17) is 16.3 Å². The lowest BCUT2D eigenvalue weighted by atomic mass is 10.0. The normalized spacial score (nSPS) is 10.4. The van der Waals surface area contributed by atoms with Gasteiger partial charge in [-0.25, -0.2) is 0 Å². The Balaban J connectivity index is 1.60. The quantitative estimate of drug-likeness (QED) is 0.517. The maximum absolute atomic E-state index is 12.4. The molecule has 0 spiro atoms. The van der Waals surface area contributed by atoms with Crippen molar-refractivity contribution in [3.63, 3.8) is 0 Å². The second-order valence-electron chi connectivity index (χ2n) is 6.12. The van der Waals surface area contributed by atoms with E-state index >= 15 is 0 Å². The van der Waals surface area contributed by atoms with Crippen molar-refractivity contribution in [1.29, 1.82) is 0 Å². The zero-order valence-electron chi connectivity index (χ0n) is 14.9. The highest BCUT2D eigenvalue weighted by molar-refractivity contribution is 6.30. The lowest BCUT2D eigenvalue weighted by molar-refractivity contribution is 0.0920. The Hall–Kier alpha value is -2.91. The van der Waals surface area contributed by atoms with Crippen molar-refractivity contribution in [2.45, 2.75) is 13.3 Å². The van der Waals surface area contributed by atoms with E-state index in [2.05, 4.69) is 6.92 Å². The van der Waals surface area contributed by atoms with Gasteiger partial charge in [-0.05, 0) is 60.5 Å². The molecule has 27 heavy (non-hydrogen) atoms. The van der Waals surface area contributed by atoms with Crippen molar-refractivity contribution in [2.75, 3.05) is 6.61 Å². The Kier molecular flexibility index (Phi) is 6.05. The van der Waals surface area contributed by atoms with Crippen LogP contribution in [0.5, 0.6) is 5.75 Å². The molecule has 0 aliphatic heterocycles. The SMILES string of the molecule is CCc1ccc(C(=O)COc2ccc(C(=O)c3ccc(Cl)cc3)cc2)cc1. The molecule has 0 fully saturated rings. The van der Waals surface area contributed by atoms with Crippen LogP contribution in [0.15, 0.2) is 72.8 Å². The predicted octanol–water partition coefficient (Wildman–Crippen LogP) is 5.40. The molecule has 0 aliphatic carbocycles. The molecule has 0 N–H and O–H groups in total. The van der Waals surface area contributed by atoms with E-state index in [1.807, 2.05) is 24.3 Å². The third kappa shape index (κ3) is 4.83. The van der Waals surface area contributed by atoms with Crippen LogP contribution in [-0.4, -0.2) is 18.2 Å².